The number of fused-ring (bicyclic) bond motifs is 1. The average Bonchev–Trinajstić information content (AvgIpc) is 2.62. The van der Waals surface area contributed by atoms with E-state index in [1.54, 1.807) is 6.07 Å². The van der Waals surface area contributed by atoms with Gasteiger partial charge >= 0.3 is 11.9 Å². The minimum Gasteiger partial charge on any atom is -0.423 e. The molecule has 0 N–H and O–H groups in total. The van der Waals surface area contributed by atoms with Crippen LogP contribution in [-0.4, -0.2) is 11.9 Å². The third-order valence-corrected chi connectivity index (χ3v) is 4.50. The lowest BCUT2D eigenvalue weighted by atomic mass is 9.84. The van der Waals surface area contributed by atoms with Crippen molar-refractivity contribution in [3.63, 3.8) is 0 Å². The van der Waals surface area contributed by atoms with Gasteiger partial charge in [-0.2, -0.15) is 0 Å². The zero-order chi connectivity index (χ0) is 20.5. The largest absolute Gasteiger partial charge is 0.423 e. The summed E-state index contributed by atoms with van der Waals surface area (Å²) < 4.78 is 10.9. The van der Waals surface area contributed by atoms with Gasteiger partial charge in [-0.05, 0) is 39.6 Å². The summed E-state index contributed by atoms with van der Waals surface area (Å²) in [7, 11) is 0. The van der Waals surface area contributed by atoms with Gasteiger partial charge in [0.2, 0.25) is 0 Å². The van der Waals surface area contributed by atoms with Crippen LogP contribution in [0.5, 0.6) is 11.5 Å². The summed E-state index contributed by atoms with van der Waals surface area (Å²) in [6.07, 6.45) is 0. The Morgan fingerprint density at radius 3 is 2.00 bits per heavy atom. The van der Waals surface area contributed by atoms with Crippen LogP contribution < -0.4 is 9.47 Å². The lowest BCUT2D eigenvalue weighted by molar-refractivity contribution is -0.134. The molecule has 3 aromatic carbocycles. The Labute approximate surface area is 165 Å². The SMILES string of the molecule is CC(=O)Oc1cc(-c2ccccc2)c2cc(C(C)(C)C)ccc2c1OC(C)=O. The van der Waals surface area contributed by atoms with Crippen LogP contribution in [0.3, 0.4) is 0 Å². The van der Waals surface area contributed by atoms with Gasteiger partial charge in [-0.15, -0.1) is 0 Å². The van der Waals surface area contributed by atoms with Crippen molar-refractivity contribution in [2.75, 3.05) is 0 Å². The third kappa shape index (κ3) is 4.06. The molecule has 0 spiro atoms. The summed E-state index contributed by atoms with van der Waals surface area (Å²) in [5.74, 6) is -0.449. The first-order chi connectivity index (χ1) is 13.2. The van der Waals surface area contributed by atoms with Crippen molar-refractivity contribution in [3.8, 4) is 22.6 Å². The van der Waals surface area contributed by atoms with Gasteiger partial charge in [0.15, 0.2) is 11.5 Å². The van der Waals surface area contributed by atoms with Crippen LogP contribution in [0, 0.1) is 0 Å². The van der Waals surface area contributed by atoms with E-state index in [1.165, 1.54) is 13.8 Å². The summed E-state index contributed by atoms with van der Waals surface area (Å²) in [6.45, 7) is 9.11. The third-order valence-electron chi connectivity index (χ3n) is 4.50. The number of hydrogen-bond donors (Lipinski definition) is 0. The molecule has 144 valence electrons. The maximum absolute atomic E-state index is 11.7. The molecule has 28 heavy (non-hydrogen) atoms. The summed E-state index contributed by atoms with van der Waals surface area (Å²) in [5, 5.41) is 1.66. The maximum atomic E-state index is 11.7. The molecule has 0 radical (unpaired) electrons. The van der Waals surface area contributed by atoms with E-state index in [9.17, 15) is 9.59 Å². The molecule has 0 amide bonds. The Morgan fingerprint density at radius 1 is 0.786 bits per heavy atom. The van der Waals surface area contributed by atoms with Gasteiger partial charge in [0, 0.05) is 19.2 Å². The van der Waals surface area contributed by atoms with Gasteiger partial charge < -0.3 is 9.47 Å². The van der Waals surface area contributed by atoms with Gasteiger partial charge in [0.05, 0.1) is 0 Å². The Balaban J connectivity index is 2.40. The van der Waals surface area contributed by atoms with Crippen molar-refractivity contribution in [2.24, 2.45) is 0 Å². The Hall–Kier alpha value is -3.14. The topological polar surface area (TPSA) is 52.6 Å². The number of carbonyl (C=O) groups excluding carboxylic acids is 2. The molecule has 4 nitrogen and oxygen atoms in total. The first-order valence-electron chi connectivity index (χ1n) is 9.20. The monoisotopic (exact) mass is 376 g/mol. The van der Waals surface area contributed by atoms with Crippen LogP contribution in [0.1, 0.15) is 40.2 Å². The van der Waals surface area contributed by atoms with Crippen LogP contribution >= 0.6 is 0 Å². The molecule has 0 saturated heterocycles. The molecule has 3 aromatic rings. The lowest BCUT2D eigenvalue weighted by Crippen LogP contribution is -2.11. The molecular formula is C24H24O4. The standard InChI is InChI=1S/C24H24O4/c1-15(25)27-22-14-20(17-9-7-6-8-10-17)21-13-18(24(3,4)5)11-12-19(21)23(22)28-16(2)26/h6-14H,1-5H3. The predicted octanol–water partition coefficient (Wildman–Crippen LogP) is 5.65. The fourth-order valence-electron chi connectivity index (χ4n) is 3.17. The predicted molar refractivity (Wildman–Crippen MR) is 111 cm³/mol. The highest BCUT2D eigenvalue weighted by atomic mass is 16.6. The van der Waals surface area contributed by atoms with Gasteiger partial charge in [0.1, 0.15) is 0 Å². The average molecular weight is 376 g/mol. The zero-order valence-electron chi connectivity index (χ0n) is 16.8. The van der Waals surface area contributed by atoms with Crippen molar-refractivity contribution in [1.29, 1.82) is 0 Å². The van der Waals surface area contributed by atoms with Gasteiger partial charge in [-0.1, -0.05) is 63.2 Å². The number of rotatable bonds is 3. The summed E-state index contributed by atoms with van der Waals surface area (Å²) in [5.41, 5.74) is 3.01. The molecule has 0 atom stereocenters. The summed E-state index contributed by atoms with van der Waals surface area (Å²) >= 11 is 0. The van der Waals surface area contributed by atoms with Gasteiger partial charge in [-0.25, -0.2) is 0 Å². The molecule has 4 heteroatoms. The van der Waals surface area contributed by atoms with E-state index in [0.29, 0.717) is 0 Å². The molecule has 0 unspecified atom stereocenters. The quantitative estimate of drug-likeness (QED) is 0.437. The van der Waals surface area contributed by atoms with Crippen molar-refractivity contribution in [2.45, 2.75) is 40.0 Å². The van der Waals surface area contributed by atoms with Crippen LogP contribution in [0.2, 0.25) is 0 Å². The minimum absolute atomic E-state index is 0.0434. The number of benzene rings is 3. The van der Waals surface area contributed by atoms with E-state index in [2.05, 4.69) is 26.8 Å². The van der Waals surface area contributed by atoms with Crippen molar-refractivity contribution < 1.29 is 19.1 Å². The summed E-state index contributed by atoms with van der Waals surface area (Å²) in [6, 6.07) is 17.7. The van der Waals surface area contributed by atoms with Crippen LogP contribution in [0.4, 0.5) is 0 Å². The molecule has 0 aliphatic rings. The van der Waals surface area contributed by atoms with E-state index in [1.807, 2.05) is 42.5 Å². The molecule has 0 heterocycles. The van der Waals surface area contributed by atoms with Crippen molar-refractivity contribution in [1.82, 2.24) is 0 Å². The number of ether oxygens (including phenoxy) is 2. The van der Waals surface area contributed by atoms with E-state index in [4.69, 9.17) is 9.47 Å². The van der Waals surface area contributed by atoms with Crippen LogP contribution in [0.15, 0.2) is 54.6 Å². The molecule has 0 fully saturated rings. The Kier molecular flexibility index (Phi) is 5.23. The molecule has 0 bridgehead atoms. The van der Waals surface area contributed by atoms with Crippen LogP contribution in [-0.2, 0) is 15.0 Å². The lowest BCUT2D eigenvalue weighted by Gasteiger charge is -2.22. The second-order valence-corrected chi connectivity index (χ2v) is 7.82. The number of esters is 2. The summed E-state index contributed by atoms with van der Waals surface area (Å²) in [4.78, 5) is 23.4. The number of carbonyl (C=O) groups is 2. The highest BCUT2D eigenvalue weighted by Crippen LogP contribution is 2.43. The van der Waals surface area contributed by atoms with E-state index in [0.717, 1.165) is 27.5 Å². The first-order valence-corrected chi connectivity index (χ1v) is 9.20. The van der Waals surface area contributed by atoms with E-state index >= 15 is 0 Å². The van der Waals surface area contributed by atoms with Crippen molar-refractivity contribution >= 4 is 22.7 Å². The Bertz CT molecular complexity index is 1040. The molecule has 0 aliphatic heterocycles. The maximum Gasteiger partial charge on any atom is 0.308 e. The molecule has 0 saturated carbocycles. The molecule has 0 aromatic heterocycles. The highest BCUT2D eigenvalue weighted by molar-refractivity contribution is 6.03. The smallest absolute Gasteiger partial charge is 0.308 e. The van der Waals surface area contributed by atoms with E-state index in [-0.39, 0.29) is 16.9 Å². The van der Waals surface area contributed by atoms with Gasteiger partial charge in [-0.3, -0.25) is 9.59 Å². The van der Waals surface area contributed by atoms with Crippen LogP contribution in [0.25, 0.3) is 21.9 Å². The van der Waals surface area contributed by atoms with E-state index < -0.39 is 11.9 Å². The minimum atomic E-state index is -0.474. The molecular weight excluding hydrogens is 352 g/mol. The normalized spacial score (nSPS) is 11.3. The van der Waals surface area contributed by atoms with Gasteiger partial charge in [0.25, 0.3) is 0 Å². The fourth-order valence-corrected chi connectivity index (χ4v) is 3.17. The first kappa shape index (κ1) is 19.6. The Morgan fingerprint density at radius 2 is 1.43 bits per heavy atom. The zero-order valence-corrected chi connectivity index (χ0v) is 16.8. The second-order valence-electron chi connectivity index (χ2n) is 7.82. The second kappa shape index (κ2) is 7.47. The highest BCUT2D eigenvalue weighted by Gasteiger charge is 2.21. The number of hydrogen-bond acceptors (Lipinski definition) is 4. The van der Waals surface area contributed by atoms with Crippen molar-refractivity contribution in [3.05, 3.63) is 60.2 Å². The molecule has 3 rings (SSSR count). The fraction of sp³-hybridized carbons (Fsp3) is 0.250. The molecule has 0 aliphatic carbocycles.